The Morgan fingerprint density at radius 2 is 1.88 bits per heavy atom. The second-order valence-corrected chi connectivity index (χ2v) is 9.48. The lowest BCUT2D eigenvalue weighted by atomic mass is 10.0. The zero-order valence-corrected chi connectivity index (χ0v) is 20.0. The Morgan fingerprint density at radius 1 is 1.12 bits per heavy atom. The standard InChI is InChI=1S/C24H22F2N4OS2/c1-4-30-23(18-12-32-15(3)22(18)16-7-5-14(2)6-8-16)28-29-24(30)33-13-21(31)27-20-10-9-17(25)11-19(20)26/h5-12H,4,13H2,1-3H3,(H,27,31). The predicted octanol–water partition coefficient (Wildman–Crippen LogP) is 6.32. The molecule has 0 atom stereocenters. The van der Waals surface area contributed by atoms with Crippen LogP contribution in [0.2, 0.25) is 0 Å². The summed E-state index contributed by atoms with van der Waals surface area (Å²) in [5.74, 6) is -1.17. The molecular formula is C24H22F2N4OS2. The molecule has 0 bridgehead atoms. The Labute approximate surface area is 198 Å². The summed E-state index contributed by atoms with van der Waals surface area (Å²) in [5, 5.41) is 13.9. The first-order valence-corrected chi connectivity index (χ1v) is 12.2. The van der Waals surface area contributed by atoms with E-state index in [4.69, 9.17) is 0 Å². The van der Waals surface area contributed by atoms with Gasteiger partial charge in [0.1, 0.15) is 11.6 Å². The van der Waals surface area contributed by atoms with E-state index in [-0.39, 0.29) is 11.4 Å². The van der Waals surface area contributed by atoms with Crippen molar-refractivity contribution in [1.82, 2.24) is 14.8 Å². The van der Waals surface area contributed by atoms with Crippen molar-refractivity contribution in [3.05, 3.63) is 69.9 Å². The van der Waals surface area contributed by atoms with E-state index in [1.165, 1.54) is 28.3 Å². The van der Waals surface area contributed by atoms with E-state index < -0.39 is 17.5 Å². The van der Waals surface area contributed by atoms with Gasteiger partial charge in [-0.05, 0) is 38.5 Å². The van der Waals surface area contributed by atoms with E-state index in [0.717, 1.165) is 34.6 Å². The van der Waals surface area contributed by atoms with Crippen LogP contribution in [0.25, 0.3) is 22.5 Å². The molecule has 0 spiro atoms. The molecule has 0 aliphatic heterocycles. The van der Waals surface area contributed by atoms with Gasteiger partial charge >= 0.3 is 0 Å². The van der Waals surface area contributed by atoms with Crippen molar-refractivity contribution in [2.24, 2.45) is 0 Å². The highest BCUT2D eigenvalue weighted by Crippen LogP contribution is 2.39. The van der Waals surface area contributed by atoms with Gasteiger partial charge in [-0.15, -0.1) is 21.5 Å². The summed E-state index contributed by atoms with van der Waals surface area (Å²) >= 11 is 2.88. The van der Waals surface area contributed by atoms with Crippen molar-refractivity contribution < 1.29 is 13.6 Å². The van der Waals surface area contributed by atoms with Crippen LogP contribution in [0.4, 0.5) is 14.5 Å². The fraction of sp³-hybridized carbons (Fsp3) is 0.208. The van der Waals surface area contributed by atoms with E-state index >= 15 is 0 Å². The molecule has 0 aliphatic rings. The number of aromatic nitrogens is 3. The van der Waals surface area contributed by atoms with Gasteiger partial charge in [0.05, 0.1) is 11.4 Å². The molecule has 0 radical (unpaired) electrons. The Balaban J connectivity index is 1.55. The van der Waals surface area contributed by atoms with Crippen LogP contribution in [0.5, 0.6) is 0 Å². The van der Waals surface area contributed by atoms with Crippen molar-refractivity contribution >= 4 is 34.7 Å². The molecular weight excluding hydrogens is 462 g/mol. The predicted molar refractivity (Wildman–Crippen MR) is 130 cm³/mol. The molecule has 2 heterocycles. The molecule has 4 rings (SSSR count). The number of anilines is 1. The number of nitrogens with zero attached hydrogens (tertiary/aromatic N) is 3. The quantitative estimate of drug-likeness (QED) is 0.312. The highest BCUT2D eigenvalue weighted by Gasteiger charge is 2.20. The normalized spacial score (nSPS) is 11.1. The number of carbonyl (C=O) groups is 1. The van der Waals surface area contributed by atoms with Gasteiger partial charge in [-0.1, -0.05) is 41.6 Å². The third-order valence-electron chi connectivity index (χ3n) is 5.13. The van der Waals surface area contributed by atoms with Crippen molar-refractivity contribution in [2.45, 2.75) is 32.5 Å². The van der Waals surface area contributed by atoms with Crippen molar-refractivity contribution in [2.75, 3.05) is 11.1 Å². The number of rotatable bonds is 7. The van der Waals surface area contributed by atoms with Crippen molar-refractivity contribution in [3.63, 3.8) is 0 Å². The van der Waals surface area contributed by atoms with Crippen LogP contribution in [-0.4, -0.2) is 26.4 Å². The number of carbonyl (C=O) groups excluding carboxylic acids is 1. The Morgan fingerprint density at radius 3 is 2.58 bits per heavy atom. The Bertz CT molecular complexity index is 1300. The minimum Gasteiger partial charge on any atom is -0.323 e. The first-order valence-electron chi connectivity index (χ1n) is 10.3. The van der Waals surface area contributed by atoms with Gasteiger partial charge in [-0.2, -0.15) is 0 Å². The smallest absolute Gasteiger partial charge is 0.234 e. The van der Waals surface area contributed by atoms with Gasteiger partial charge in [0, 0.05) is 34.0 Å². The maximum atomic E-state index is 13.8. The van der Waals surface area contributed by atoms with E-state index in [1.54, 1.807) is 11.3 Å². The molecule has 9 heteroatoms. The molecule has 1 N–H and O–H groups in total. The average molecular weight is 485 g/mol. The number of hydrogen-bond donors (Lipinski definition) is 1. The van der Waals surface area contributed by atoms with E-state index in [1.807, 2.05) is 11.5 Å². The molecule has 170 valence electrons. The van der Waals surface area contributed by atoms with E-state index in [2.05, 4.69) is 59.0 Å². The molecule has 0 saturated heterocycles. The third-order valence-corrected chi connectivity index (χ3v) is 7.00. The van der Waals surface area contributed by atoms with E-state index in [9.17, 15) is 13.6 Å². The summed E-state index contributed by atoms with van der Waals surface area (Å²) in [6, 6.07) is 11.4. The lowest BCUT2D eigenvalue weighted by Gasteiger charge is -2.10. The fourth-order valence-corrected chi connectivity index (χ4v) is 5.15. The zero-order chi connectivity index (χ0) is 23.5. The average Bonchev–Trinajstić information content (AvgIpc) is 3.37. The second kappa shape index (κ2) is 9.84. The minimum absolute atomic E-state index is 0.0163. The van der Waals surface area contributed by atoms with E-state index in [0.29, 0.717) is 11.7 Å². The van der Waals surface area contributed by atoms with Crippen LogP contribution < -0.4 is 5.32 Å². The number of nitrogens with one attached hydrogen (secondary N) is 1. The van der Waals surface area contributed by atoms with Crippen LogP contribution in [-0.2, 0) is 11.3 Å². The number of hydrogen-bond acceptors (Lipinski definition) is 5. The summed E-state index contributed by atoms with van der Waals surface area (Å²) in [5.41, 5.74) is 4.39. The van der Waals surface area contributed by atoms with Crippen LogP contribution in [0.3, 0.4) is 0 Å². The first-order chi connectivity index (χ1) is 15.9. The molecule has 0 unspecified atom stereocenters. The summed E-state index contributed by atoms with van der Waals surface area (Å²) in [6.45, 7) is 6.77. The summed E-state index contributed by atoms with van der Waals surface area (Å²) in [7, 11) is 0. The monoisotopic (exact) mass is 484 g/mol. The fourth-order valence-electron chi connectivity index (χ4n) is 3.49. The van der Waals surface area contributed by atoms with Crippen LogP contribution in [0.1, 0.15) is 17.4 Å². The number of thiophene rings is 1. The van der Waals surface area contributed by atoms with Crippen molar-refractivity contribution in [3.8, 4) is 22.5 Å². The SMILES string of the molecule is CCn1c(SCC(=O)Nc2ccc(F)cc2F)nnc1-c1csc(C)c1-c1ccc(C)cc1. The highest BCUT2D eigenvalue weighted by atomic mass is 32.2. The lowest BCUT2D eigenvalue weighted by Crippen LogP contribution is -2.15. The maximum Gasteiger partial charge on any atom is 0.234 e. The second-order valence-electron chi connectivity index (χ2n) is 7.46. The third kappa shape index (κ3) is 4.99. The first kappa shape index (κ1) is 23.1. The Hall–Kier alpha value is -3.04. The molecule has 2 aromatic carbocycles. The van der Waals surface area contributed by atoms with Crippen LogP contribution in [0.15, 0.2) is 53.0 Å². The molecule has 5 nitrogen and oxygen atoms in total. The van der Waals surface area contributed by atoms with Gasteiger partial charge in [-0.3, -0.25) is 4.79 Å². The molecule has 2 aromatic heterocycles. The van der Waals surface area contributed by atoms with Gasteiger partial charge in [0.2, 0.25) is 5.91 Å². The summed E-state index contributed by atoms with van der Waals surface area (Å²) in [6.07, 6.45) is 0. The molecule has 0 fully saturated rings. The largest absolute Gasteiger partial charge is 0.323 e. The Kier molecular flexibility index (Phi) is 6.90. The number of halogens is 2. The van der Waals surface area contributed by atoms with Gasteiger partial charge in [0.15, 0.2) is 11.0 Å². The summed E-state index contributed by atoms with van der Waals surface area (Å²) < 4.78 is 28.8. The number of benzene rings is 2. The van der Waals surface area contributed by atoms with Crippen LogP contribution >= 0.6 is 23.1 Å². The topological polar surface area (TPSA) is 59.8 Å². The molecule has 4 aromatic rings. The highest BCUT2D eigenvalue weighted by molar-refractivity contribution is 7.99. The number of thioether (sulfide) groups is 1. The number of aryl methyl sites for hydroxylation is 2. The van der Waals surface area contributed by atoms with Gasteiger partial charge in [-0.25, -0.2) is 8.78 Å². The zero-order valence-electron chi connectivity index (χ0n) is 18.4. The van der Waals surface area contributed by atoms with Crippen LogP contribution in [0, 0.1) is 25.5 Å². The number of amides is 1. The maximum absolute atomic E-state index is 13.8. The lowest BCUT2D eigenvalue weighted by molar-refractivity contribution is -0.113. The summed E-state index contributed by atoms with van der Waals surface area (Å²) in [4.78, 5) is 13.5. The van der Waals surface area contributed by atoms with Crippen molar-refractivity contribution in [1.29, 1.82) is 0 Å². The molecule has 0 aliphatic carbocycles. The van der Waals surface area contributed by atoms with Gasteiger partial charge < -0.3 is 9.88 Å². The minimum atomic E-state index is -0.816. The van der Waals surface area contributed by atoms with Gasteiger partial charge in [0.25, 0.3) is 0 Å². The molecule has 33 heavy (non-hydrogen) atoms. The molecule has 0 saturated carbocycles. The molecule has 1 amide bonds.